The van der Waals surface area contributed by atoms with Gasteiger partial charge in [0.25, 0.3) is 0 Å². The molecule has 0 aromatic heterocycles. The molecule has 0 amide bonds. The van der Waals surface area contributed by atoms with Crippen molar-refractivity contribution < 1.29 is 8.42 Å². The molecule has 0 spiro atoms. The Morgan fingerprint density at radius 3 is 2.58 bits per heavy atom. The first-order valence-corrected chi connectivity index (χ1v) is 8.20. The van der Waals surface area contributed by atoms with E-state index in [0.717, 1.165) is 18.5 Å². The summed E-state index contributed by atoms with van der Waals surface area (Å²) in [5, 5.41) is 3.50. The van der Waals surface area contributed by atoms with Crippen LogP contribution in [-0.2, 0) is 16.6 Å². The molecule has 1 aromatic rings. The number of hydrogen-bond acceptors (Lipinski definition) is 3. The van der Waals surface area contributed by atoms with Crippen molar-refractivity contribution in [2.45, 2.75) is 31.7 Å². The Bertz CT molecular complexity index is 517. The van der Waals surface area contributed by atoms with E-state index in [0.29, 0.717) is 13.1 Å². The summed E-state index contributed by atoms with van der Waals surface area (Å²) in [5.41, 5.74) is 0.918. The molecule has 0 unspecified atom stereocenters. The van der Waals surface area contributed by atoms with Crippen LogP contribution in [0.5, 0.6) is 0 Å². The lowest BCUT2D eigenvalue weighted by molar-refractivity contribution is 0.486. The highest BCUT2D eigenvalue weighted by Crippen LogP contribution is 2.25. The van der Waals surface area contributed by atoms with E-state index in [9.17, 15) is 8.42 Å². The molecule has 1 N–H and O–H groups in total. The Morgan fingerprint density at radius 2 is 2.00 bits per heavy atom. The van der Waals surface area contributed by atoms with E-state index in [1.807, 2.05) is 6.07 Å². The molecule has 19 heavy (non-hydrogen) atoms. The largest absolute Gasteiger partial charge is 0.313 e. The van der Waals surface area contributed by atoms with Gasteiger partial charge in [-0.1, -0.05) is 31.5 Å². The van der Waals surface area contributed by atoms with Crippen LogP contribution in [-0.4, -0.2) is 32.9 Å². The van der Waals surface area contributed by atoms with Gasteiger partial charge < -0.3 is 5.32 Å². The van der Waals surface area contributed by atoms with Crippen molar-refractivity contribution >= 4 is 21.6 Å². The molecule has 0 heterocycles. The van der Waals surface area contributed by atoms with Gasteiger partial charge in [-0.05, 0) is 30.7 Å². The van der Waals surface area contributed by atoms with Gasteiger partial charge in [-0.2, -0.15) is 0 Å². The zero-order chi connectivity index (χ0) is 14.5. The lowest BCUT2D eigenvalue weighted by atomic mass is 10.2. The number of sulfonamides is 1. The van der Waals surface area contributed by atoms with Gasteiger partial charge in [-0.25, -0.2) is 12.7 Å². The Kier molecular flexibility index (Phi) is 6.26. The number of rotatable bonds is 7. The number of halogens is 1. The van der Waals surface area contributed by atoms with Crippen molar-refractivity contribution in [1.29, 1.82) is 0 Å². The first-order chi connectivity index (χ1) is 8.93. The molecular formula is C13H21ClN2O2S. The van der Waals surface area contributed by atoms with Gasteiger partial charge in [-0.3, -0.25) is 0 Å². The first kappa shape index (κ1) is 16.4. The predicted molar refractivity (Wildman–Crippen MR) is 78.9 cm³/mol. The summed E-state index contributed by atoms with van der Waals surface area (Å²) in [7, 11) is -1.95. The van der Waals surface area contributed by atoms with Crippen molar-refractivity contribution in [3.8, 4) is 0 Å². The second-order valence-corrected chi connectivity index (χ2v) is 6.78. The molecule has 4 nitrogen and oxygen atoms in total. The molecule has 6 heteroatoms. The van der Waals surface area contributed by atoms with Crippen molar-refractivity contribution in [3.63, 3.8) is 0 Å². The molecule has 1 aromatic carbocycles. The maximum Gasteiger partial charge on any atom is 0.244 e. The molecule has 0 fully saturated rings. The monoisotopic (exact) mass is 304 g/mol. The lowest BCUT2D eigenvalue weighted by Gasteiger charge is -2.16. The van der Waals surface area contributed by atoms with E-state index in [2.05, 4.69) is 12.2 Å². The van der Waals surface area contributed by atoms with Crippen LogP contribution < -0.4 is 5.32 Å². The van der Waals surface area contributed by atoms with Gasteiger partial charge >= 0.3 is 0 Å². The fourth-order valence-corrected chi connectivity index (χ4v) is 3.30. The summed E-state index contributed by atoms with van der Waals surface area (Å²) in [6.45, 7) is 5.83. The van der Waals surface area contributed by atoms with E-state index in [4.69, 9.17) is 11.6 Å². The normalized spacial score (nSPS) is 12.1. The Labute approximate surface area is 120 Å². The van der Waals surface area contributed by atoms with Crippen LogP contribution in [0.2, 0.25) is 5.02 Å². The zero-order valence-corrected chi connectivity index (χ0v) is 13.2. The van der Waals surface area contributed by atoms with Gasteiger partial charge in [0.05, 0.1) is 5.02 Å². The van der Waals surface area contributed by atoms with Crippen LogP contribution in [0.25, 0.3) is 0 Å². The highest BCUT2D eigenvalue weighted by molar-refractivity contribution is 7.89. The molecule has 0 aliphatic rings. The van der Waals surface area contributed by atoms with Crippen LogP contribution in [0.3, 0.4) is 0 Å². The maximum absolute atomic E-state index is 12.3. The van der Waals surface area contributed by atoms with Gasteiger partial charge in [0.2, 0.25) is 10.0 Å². The first-order valence-electron chi connectivity index (χ1n) is 6.39. The van der Waals surface area contributed by atoms with Crippen LogP contribution in [0.15, 0.2) is 23.1 Å². The maximum atomic E-state index is 12.3. The molecule has 0 aliphatic heterocycles. The number of nitrogens with one attached hydrogen (secondary N) is 1. The zero-order valence-electron chi connectivity index (χ0n) is 11.6. The smallest absolute Gasteiger partial charge is 0.244 e. The number of nitrogens with zero attached hydrogens (tertiary/aromatic N) is 1. The Morgan fingerprint density at radius 1 is 1.32 bits per heavy atom. The van der Waals surface area contributed by atoms with Gasteiger partial charge in [0, 0.05) is 20.1 Å². The molecule has 0 aliphatic carbocycles. The van der Waals surface area contributed by atoms with E-state index in [-0.39, 0.29) is 9.92 Å². The predicted octanol–water partition coefficient (Wildman–Crippen LogP) is 2.48. The van der Waals surface area contributed by atoms with Crippen LogP contribution >= 0.6 is 11.6 Å². The third-order valence-electron chi connectivity index (χ3n) is 2.89. The molecule has 1 rings (SSSR count). The van der Waals surface area contributed by atoms with E-state index < -0.39 is 10.0 Å². The van der Waals surface area contributed by atoms with Gasteiger partial charge in [-0.15, -0.1) is 0 Å². The fraction of sp³-hybridized carbons (Fsp3) is 0.538. The molecule has 0 bridgehead atoms. The highest BCUT2D eigenvalue weighted by atomic mass is 35.5. The molecule has 0 saturated heterocycles. The highest BCUT2D eigenvalue weighted by Gasteiger charge is 2.22. The van der Waals surface area contributed by atoms with E-state index >= 15 is 0 Å². The molecule has 108 valence electrons. The second-order valence-electron chi connectivity index (χ2n) is 4.36. The molecule has 0 radical (unpaired) electrons. The fourth-order valence-electron chi connectivity index (χ4n) is 1.60. The topological polar surface area (TPSA) is 49.4 Å². The minimum Gasteiger partial charge on any atom is -0.313 e. The minimum absolute atomic E-state index is 0.175. The Balaban J connectivity index is 3.04. The SMILES string of the molecule is CCCNCc1ccc(Cl)c(S(=O)(=O)N(C)CC)c1. The van der Waals surface area contributed by atoms with Crippen LogP contribution in [0.1, 0.15) is 25.8 Å². The number of benzene rings is 1. The average Bonchev–Trinajstić information content (AvgIpc) is 2.39. The standard InChI is InChI=1S/C13H21ClN2O2S/c1-4-8-15-10-11-6-7-12(14)13(9-11)19(17,18)16(3)5-2/h6-7,9,15H,4-5,8,10H2,1-3H3. The lowest BCUT2D eigenvalue weighted by Crippen LogP contribution is -2.27. The van der Waals surface area contributed by atoms with Gasteiger partial charge in [0.15, 0.2) is 0 Å². The third kappa shape index (κ3) is 4.18. The number of hydrogen-bond donors (Lipinski definition) is 1. The summed E-state index contributed by atoms with van der Waals surface area (Å²) in [5.74, 6) is 0. The van der Waals surface area contributed by atoms with Crippen LogP contribution in [0.4, 0.5) is 0 Å². The average molecular weight is 305 g/mol. The summed E-state index contributed by atoms with van der Waals surface area (Å²) in [6, 6.07) is 5.13. The molecular weight excluding hydrogens is 284 g/mol. The van der Waals surface area contributed by atoms with E-state index in [1.54, 1.807) is 26.1 Å². The van der Waals surface area contributed by atoms with Gasteiger partial charge in [0.1, 0.15) is 4.90 Å². The summed E-state index contributed by atoms with van der Waals surface area (Å²) < 4.78 is 25.9. The van der Waals surface area contributed by atoms with Crippen molar-refractivity contribution in [2.75, 3.05) is 20.1 Å². The Hall–Kier alpha value is -0.620. The summed E-state index contributed by atoms with van der Waals surface area (Å²) in [6.07, 6.45) is 1.04. The third-order valence-corrected chi connectivity index (χ3v) is 5.30. The second kappa shape index (κ2) is 7.24. The van der Waals surface area contributed by atoms with Crippen molar-refractivity contribution in [1.82, 2.24) is 9.62 Å². The molecule has 0 saturated carbocycles. The summed E-state index contributed by atoms with van der Waals surface area (Å²) >= 11 is 6.02. The van der Waals surface area contributed by atoms with Crippen LogP contribution in [0, 0.1) is 0 Å². The summed E-state index contributed by atoms with van der Waals surface area (Å²) in [4.78, 5) is 0.175. The quantitative estimate of drug-likeness (QED) is 0.787. The van der Waals surface area contributed by atoms with Crippen molar-refractivity contribution in [3.05, 3.63) is 28.8 Å². The minimum atomic E-state index is -3.50. The van der Waals surface area contributed by atoms with Crippen molar-refractivity contribution in [2.24, 2.45) is 0 Å². The molecule has 0 atom stereocenters. The van der Waals surface area contributed by atoms with E-state index in [1.165, 1.54) is 4.31 Å².